The third-order valence-corrected chi connectivity index (χ3v) is 5.98. The van der Waals surface area contributed by atoms with Gasteiger partial charge in [0.1, 0.15) is 0 Å². The average Bonchev–Trinajstić information content (AvgIpc) is 3.25. The van der Waals surface area contributed by atoms with E-state index in [-0.39, 0.29) is 11.9 Å². The summed E-state index contributed by atoms with van der Waals surface area (Å²) in [6.45, 7) is 8.08. The van der Waals surface area contributed by atoms with Crippen LogP contribution in [0.15, 0.2) is 18.2 Å². The number of aryl methyl sites for hydroxylation is 3. The van der Waals surface area contributed by atoms with E-state index in [4.69, 9.17) is 0 Å². The molecular weight excluding hydrogens is 340 g/mol. The summed E-state index contributed by atoms with van der Waals surface area (Å²) < 4.78 is 0. The molecule has 0 aliphatic carbocycles. The molecule has 0 fully saturated rings. The van der Waals surface area contributed by atoms with E-state index in [1.54, 1.807) is 34.6 Å². The number of rotatable bonds is 4. The number of carbonyl (C=O) groups excluding carboxylic acids is 1. The fourth-order valence-electron chi connectivity index (χ4n) is 2.61. The number of nitrogens with zero attached hydrogens (tertiary/aromatic N) is 3. The lowest BCUT2D eigenvalue weighted by molar-refractivity contribution is 0.0734. The van der Waals surface area contributed by atoms with Crippen molar-refractivity contribution in [3.8, 4) is 10.6 Å². The molecule has 0 saturated heterocycles. The summed E-state index contributed by atoms with van der Waals surface area (Å²) in [6, 6.07) is 5.82. The zero-order chi connectivity index (χ0) is 17.4. The minimum Gasteiger partial charge on any atom is -0.332 e. The van der Waals surface area contributed by atoms with E-state index >= 15 is 0 Å². The Balaban J connectivity index is 1.81. The maximum Gasteiger partial charge on any atom is 0.274 e. The van der Waals surface area contributed by atoms with Crippen LogP contribution in [-0.2, 0) is 0 Å². The first-order valence-electron chi connectivity index (χ1n) is 7.70. The van der Waals surface area contributed by atoms with E-state index in [0.29, 0.717) is 5.69 Å². The predicted molar refractivity (Wildman–Crippen MR) is 98.7 cm³/mol. The third kappa shape index (κ3) is 3.14. The lowest BCUT2D eigenvalue weighted by Crippen LogP contribution is -2.30. The number of hydrogen-bond donors (Lipinski definition) is 1. The average molecular weight is 361 g/mol. The molecule has 1 amide bonds. The van der Waals surface area contributed by atoms with Crippen LogP contribution in [0.25, 0.3) is 10.6 Å². The Hall–Kier alpha value is -1.99. The molecule has 0 radical (unpaired) electrons. The van der Waals surface area contributed by atoms with Gasteiger partial charge >= 0.3 is 0 Å². The summed E-state index contributed by atoms with van der Waals surface area (Å²) in [7, 11) is 1.80. The molecule has 3 heterocycles. The summed E-state index contributed by atoms with van der Waals surface area (Å²) in [4.78, 5) is 22.5. The first-order chi connectivity index (χ1) is 11.4. The Bertz CT molecular complexity index is 877. The van der Waals surface area contributed by atoms with Crippen LogP contribution < -0.4 is 0 Å². The molecule has 0 saturated carbocycles. The van der Waals surface area contributed by atoms with Gasteiger partial charge in [0, 0.05) is 16.8 Å². The highest BCUT2D eigenvalue weighted by atomic mass is 32.1. The molecule has 0 aromatic carbocycles. The van der Waals surface area contributed by atoms with E-state index in [9.17, 15) is 4.79 Å². The predicted octanol–water partition coefficient (Wildman–Crippen LogP) is 4.35. The van der Waals surface area contributed by atoms with Crippen LogP contribution in [0.3, 0.4) is 0 Å². The van der Waals surface area contributed by atoms with Gasteiger partial charge in [0.05, 0.1) is 27.3 Å². The monoisotopic (exact) mass is 360 g/mol. The van der Waals surface area contributed by atoms with Crippen molar-refractivity contribution in [1.82, 2.24) is 20.1 Å². The standard InChI is InChI=1S/C17H20N4OS2/c1-9-6-7-15(23-9)13-8-14(20-19-13)17(22)21(5)10(2)16-11(3)24-12(4)18-16/h6-8,10H,1-5H3,(H,19,20)/t10-/m1/s1. The van der Waals surface area contributed by atoms with Gasteiger partial charge in [-0.3, -0.25) is 9.89 Å². The van der Waals surface area contributed by atoms with E-state index in [2.05, 4.69) is 28.2 Å². The van der Waals surface area contributed by atoms with Crippen LogP contribution in [-0.4, -0.2) is 33.0 Å². The second-order valence-corrected chi connectivity index (χ2v) is 8.54. The molecule has 0 bridgehead atoms. The van der Waals surface area contributed by atoms with Gasteiger partial charge in [-0.05, 0) is 45.9 Å². The zero-order valence-electron chi connectivity index (χ0n) is 14.4. The van der Waals surface area contributed by atoms with Crippen molar-refractivity contribution in [1.29, 1.82) is 0 Å². The summed E-state index contributed by atoms with van der Waals surface area (Å²) >= 11 is 3.33. The molecule has 0 aliphatic rings. The van der Waals surface area contributed by atoms with E-state index < -0.39 is 0 Å². The van der Waals surface area contributed by atoms with Crippen LogP contribution in [0.1, 0.15) is 43.9 Å². The SMILES string of the molecule is Cc1ccc(-c2cc(C(=O)N(C)[C@H](C)c3nc(C)sc3C)n[nH]2)s1. The topological polar surface area (TPSA) is 61.9 Å². The molecule has 0 aliphatic heterocycles. The molecule has 7 heteroatoms. The first-order valence-corrected chi connectivity index (χ1v) is 9.33. The van der Waals surface area contributed by atoms with Crippen LogP contribution in [0, 0.1) is 20.8 Å². The maximum atomic E-state index is 12.7. The highest BCUT2D eigenvalue weighted by molar-refractivity contribution is 7.15. The Morgan fingerprint density at radius 2 is 2.00 bits per heavy atom. The molecule has 3 aromatic rings. The van der Waals surface area contributed by atoms with Gasteiger partial charge in [0.25, 0.3) is 5.91 Å². The second kappa shape index (κ2) is 6.49. The molecule has 3 rings (SSSR count). The number of amides is 1. The molecule has 126 valence electrons. The van der Waals surface area contributed by atoms with Gasteiger partial charge < -0.3 is 4.90 Å². The van der Waals surface area contributed by atoms with Crippen LogP contribution in [0.4, 0.5) is 0 Å². The van der Waals surface area contributed by atoms with E-state index in [1.165, 1.54) is 4.88 Å². The third-order valence-electron chi connectivity index (χ3n) is 4.04. The van der Waals surface area contributed by atoms with Gasteiger partial charge in [0.2, 0.25) is 0 Å². The normalized spacial score (nSPS) is 12.4. The number of carbonyl (C=O) groups is 1. The van der Waals surface area contributed by atoms with Crippen molar-refractivity contribution in [2.45, 2.75) is 33.7 Å². The first kappa shape index (κ1) is 16.9. The number of aromatic amines is 1. The fraction of sp³-hybridized carbons (Fsp3) is 0.353. The summed E-state index contributed by atoms with van der Waals surface area (Å²) in [6.07, 6.45) is 0. The minimum absolute atomic E-state index is 0.0911. The van der Waals surface area contributed by atoms with Crippen LogP contribution in [0.2, 0.25) is 0 Å². The van der Waals surface area contributed by atoms with Crippen molar-refractivity contribution in [2.24, 2.45) is 0 Å². The van der Waals surface area contributed by atoms with Crippen LogP contribution >= 0.6 is 22.7 Å². The Labute approximate surface area is 149 Å². The summed E-state index contributed by atoms with van der Waals surface area (Å²) in [5.74, 6) is -0.108. The summed E-state index contributed by atoms with van der Waals surface area (Å²) in [5, 5.41) is 8.18. The van der Waals surface area contributed by atoms with Gasteiger partial charge in [0.15, 0.2) is 5.69 Å². The quantitative estimate of drug-likeness (QED) is 0.752. The molecule has 0 unspecified atom stereocenters. The van der Waals surface area contributed by atoms with Gasteiger partial charge in [-0.2, -0.15) is 5.10 Å². The van der Waals surface area contributed by atoms with Gasteiger partial charge in [-0.25, -0.2) is 4.98 Å². The lowest BCUT2D eigenvalue weighted by Gasteiger charge is -2.23. The molecule has 5 nitrogen and oxygen atoms in total. The Morgan fingerprint density at radius 3 is 2.58 bits per heavy atom. The largest absolute Gasteiger partial charge is 0.332 e. The number of hydrogen-bond acceptors (Lipinski definition) is 5. The van der Waals surface area contributed by atoms with Crippen molar-refractivity contribution in [3.05, 3.63) is 44.3 Å². The molecule has 3 aromatic heterocycles. The van der Waals surface area contributed by atoms with Gasteiger partial charge in [-0.15, -0.1) is 22.7 Å². The number of nitrogens with one attached hydrogen (secondary N) is 1. The van der Waals surface area contributed by atoms with Crippen molar-refractivity contribution < 1.29 is 4.79 Å². The number of thiophene rings is 1. The van der Waals surface area contributed by atoms with Crippen molar-refractivity contribution in [3.63, 3.8) is 0 Å². The number of H-pyrrole nitrogens is 1. The minimum atomic E-state index is -0.108. The fourth-order valence-corrected chi connectivity index (χ4v) is 4.35. The Morgan fingerprint density at radius 1 is 1.25 bits per heavy atom. The van der Waals surface area contributed by atoms with Gasteiger partial charge in [-0.1, -0.05) is 0 Å². The van der Waals surface area contributed by atoms with Crippen molar-refractivity contribution >= 4 is 28.6 Å². The number of aromatic nitrogens is 3. The highest BCUT2D eigenvalue weighted by Gasteiger charge is 2.24. The highest BCUT2D eigenvalue weighted by Crippen LogP contribution is 2.29. The molecule has 0 spiro atoms. The maximum absolute atomic E-state index is 12.7. The molecular formula is C17H20N4OS2. The smallest absolute Gasteiger partial charge is 0.274 e. The summed E-state index contributed by atoms with van der Waals surface area (Å²) in [5.41, 5.74) is 2.26. The zero-order valence-corrected chi connectivity index (χ0v) is 16.0. The molecule has 1 N–H and O–H groups in total. The van der Waals surface area contributed by atoms with E-state index in [1.807, 2.05) is 32.9 Å². The van der Waals surface area contributed by atoms with Crippen LogP contribution in [0.5, 0.6) is 0 Å². The second-order valence-electron chi connectivity index (χ2n) is 5.84. The molecule has 24 heavy (non-hydrogen) atoms. The van der Waals surface area contributed by atoms with E-state index in [0.717, 1.165) is 26.1 Å². The van der Waals surface area contributed by atoms with Crippen molar-refractivity contribution in [2.75, 3.05) is 7.05 Å². The lowest BCUT2D eigenvalue weighted by atomic mass is 10.2. The Kier molecular flexibility index (Phi) is 4.56. The number of thiazole rings is 1. The molecule has 1 atom stereocenters.